The summed E-state index contributed by atoms with van der Waals surface area (Å²) in [6.45, 7) is 5.24. The third kappa shape index (κ3) is 5.59. The maximum Gasteiger partial charge on any atom is 0.231 e. The van der Waals surface area contributed by atoms with Gasteiger partial charge in [-0.1, -0.05) is 17.7 Å². The third-order valence-electron chi connectivity index (χ3n) is 5.59. The quantitative estimate of drug-likeness (QED) is 0.460. The zero-order chi connectivity index (χ0) is 27.7. The molecule has 3 aromatic rings. The van der Waals surface area contributed by atoms with E-state index >= 15 is 0 Å². The van der Waals surface area contributed by atoms with Crippen molar-refractivity contribution in [1.82, 2.24) is 29.4 Å². The molecule has 0 unspecified atom stereocenters. The van der Waals surface area contributed by atoms with Crippen LogP contribution < -0.4 is 10.6 Å². The van der Waals surface area contributed by atoms with Crippen LogP contribution in [0.2, 0.25) is 5.02 Å². The summed E-state index contributed by atoms with van der Waals surface area (Å²) in [5, 5.41) is 10.0. The van der Waals surface area contributed by atoms with Crippen LogP contribution in [-0.2, 0) is 16.6 Å². The minimum atomic E-state index is -3.49. The number of halogens is 2. The minimum Gasteiger partial charge on any atom is -0.349 e. The van der Waals surface area contributed by atoms with E-state index in [4.69, 9.17) is 22.3 Å². The molecule has 1 aliphatic rings. The number of piperidine rings is 1. The Morgan fingerprint density at radius 3 is 2.91 bits per heavy atom. The van der Waals surface area contributed by atoms with E-state index < -0.39 is 29.2 Å². The highest BCUT2D eigenvalue weighted by Crippen LogP contribution is 2.31. The van der Waals surface area contributed by atoms with Gasteiger partial charge in [-0.2, -0.15) is 9.40 Å². The Kier molecular flexibility index (Phi) is 6.21. The van der Waals surface area contributed by atoms with Gasteiger partial charge in [0.15, 0.2) is 0 Å². The standard InChI is InChI=1S/C22H24ClFN8O2S/c1-25-9-14-4-5-20(16(23)8-14)32-12-15(10-28-32)21-19(26-2)11-27-22(30-21)29-18-6-7-31(13-17(18)24)35(3,33)34/h4-5,8,10-12,17-18,25H,6-7,9,13H2,1,3H3,(H,27,29,30)/t17-,18+/m1/s1/i1D3. The number of aromatic nitrogens is 4. The molecular weight excluding hydrogens is 495 g/mol. The number of anilines is 1. The van der Waals surface area contributed by atoms with Gasteiger partial charge in [0.05, 0.1) is 41.5 Å². The number of benzene rings is 1. The lowest BCUT2D eigenvalue weighted by Crippen LogP contribution is -2.49. The molecule has 35 heavy (non-hydrogen) atoms. The molecule has 10 nitrogen and oxygen atoms in total. The average Bonchev–Trinajstić information content (AvgIpc) is 3.33. The minimum absolute atomic E-state index is 0.102. The van der Waals surface area contributed by atoms with E-state index in [0.717, 1.165) is 10.6 Å². The number of rotatable bonds is 7. The molecule has 184 valence electrons. The SMILES string of the molecule is [2H]C([2H])([2H])NCc1ccc(-n2cc(-c3nc(N[C@H]4CCN(S(C)(=O)=O)C[C@H]4F)ncc3[N+]#[C-])cn2)c(Cl)c1. The summed E-state index contributed by atoms with van der Waals surface area (Å²) in [5.74, 6) is 0.102. The van der Waals surface area contributed by atoms with E-state index in [2.05, 4.69) is 30.5 Å². The molecule has 0 bridgehead atoms. The van der Waals surface area contributed by atoms with Crippen LogP contribution in [0, 0.1) is 6.57 Å². The first-order valence-corrected chi connectivity index (χ1v) is 12.8. The number of hydrogen-bond donors (Lipinski definition) is 2. The lowest BCUT2D eigenvalue weighted by molar-refractivity contribution is 0.186. The van der Waals surface area contributed by atoms with Crippen molar-refractivity contribution < 1.29 is 16.9 Å². The fourth-order valence-corrected chi connectivity index (χ4v) is 4.91. The molecule has 0 amide bonds. The predicted molar refractivity (Wildman–Crippen MR) is 132 cm³/mol. The largest absolute Gasteiger partial charge is 0.349 e. The smallest absolute Gasteiger partial charge is 0.231 e. The van der Waals surface area contributed by atoms with Gasteiger partial charge in [-0.3, -0.25) is 0 Å². The van der Waals surface area contributed by atoms with Crippen LogP contribution in [-0.4, -0.2) is 71.0 Å². The number of sulfonamides is 1. The Balaban J connectivity index is 1.53. The van der Waals surface area contributed by atoms with Crippen molar-refractivity contribution in [3.63, 3.8) is 0 Å². The van der Waals surface area contributed by atoms with Crippen molar-refractivity contribution in [2.45, 2.75) is 25.2 Å². The molecule has 1 fully saturated rings. The number of hydrogen-bond acceptors (Lipinski definition) is 7. The van der Waals surface area contributed by atoms with Crippen LogP contribution in [0.1, 0.15) is 16.1 Å². The Labute approximate surface area is 212 Å². The maximum absolute atomic E-state index is 14.7. The number of nitrogens with zero attached hydrogens (tertiary/aromatic N) is 6. The van der Waals surface area contributed by atoms with Gasteiger partial charge >= 0.3 is 0 Å². The van der Waals surface area contributed by atoms with Crippen molar-refractivity contribution in [3.05, 3.63) is 58.8 Å². The highest BCUT2D eigenvalue weighted by Gasteiger charge is 2.33. The molecule has 1 aromatic carbocycles. The summed E-state index contributed by atoms with van der Waals surface area (Å²) in [6, 6.07) is 4.36. The molecule has 0 saturated carbocycles. The Hall–Kier alpha value is -3.11. The predicted octanol–water partition coefficient (Wildman–Crippen LogP) is 3.04. The summed E-state index contributed by atoms with van der Waals surface area (Å²) in [4.78, 5) is 12.0. The zero-order valence-corrected chi connectivity index (χ0v) is 20.2. The molecule has 2 aromatic heterocycles. The fourth-order valence-electron chi connectivity index (χ4n) is 3.77. The molecule has 2 N–H and O–H groups in total. The lowest BCUT2D eigenvalue weighted by Gasteiger charge is -2.33. The summed E-state index contributed by atoms with van der Waals surface area (Å²) < 4.78 is 62.5. The molecule has 13 heteroatoms. The van der Waals surface area contributed by atoms with Gasteiger partial charge in [0.1, 0.15) is 6.17 Å². The molecule has 4 rings (SSSR count). The first-order valence-electron chi connectivity index (χ1n) is 12.0. The molecule has 1 aliphatic heterocycles. The average molecular weight is 522 g/mol. The highest BCUT2D eigenvalue weighted by molar-refractivity contribution is 7.88. The molecule has 1 saturated heterocycles. The second-order valence-corrected chi connectivity index (χ2v) is 10.4. The van der Waals surface area contributed by atoms with Crippen molar-refractivity contribution in [3.8, 4) is 16.9 Å². The van der Waals surface area contributed by atoms with Crippen LogP contribution in [0.5, 0.6) is 0 Å². The van der Waals surface area contributed by atoms with Gasteiger partial charge in [-0.05, 0) is 31.1 Å². The van der Waals surface area contributed by atoms with E-state index in [-0.39, 0.29) is 43.4 Å². The van der Waals surface area contributed by atoms with Crippen LogP contribution in [0.25, 0.3) is 21.8 Å². The van der Waals surface area contributed by atoms with Crippen molar-refractivity contribution >= 4 is 33.3 Å². The van der Waals surface area contributed by atoms with Gasteiger partial charge in [-0.25, -0.2) is 32.3 Å². The van der Waals surface area contributed by atoms with Gasteiger partial charge in [-0.15, -0.1) is 0 Å². The second-order valence-electron chi connectivity index (χ2n) is 8.03. The fraction of sp³-hybridized carbons (Fsp3) is 0.364. The Morgan fingerprint density at radius 1 is 1.40 bits per heavy atom. The first kappa shape index (κ1) is 21.2. The summed E-state index contributed by atoms with van der Waals surface area (Å²) >= 11 is 6.42. The van der Waals surface area contributed by atoms with Crippen LogP contribution in [0.15, 0.2) is 36.8 Å². The molecule has 0 radical (unpaired) electrons. The summed E-state index contributed by atoms with van der Waals surface area (Å²) in [5.41, 5.74) is 2.15. The lowest BCUT2D eigenvalue weighted by atomic mass is 10.1. The van der Waals surface area contributed by atoms with Crippen molar-refractivity contribution in [1.29, 1.82) is 0 Å². The molecule has 3 heterocycles. The Bertz CT molecular complexity index is 1480. The summed E-state index contributed by atoms with van der Waals surface area (Å²) in [7, 11) is -3.49. The van der Waals surface area contributed by atoms with E-state index in [9.17, 15) is 12.8 Å². The molecule has 0 aliphatic carbocycles. The van der Waals surface area contributed by atoms with E-state index in [1.807, 2.05) is 0 Å². The topological polar surface area (TPSA) is 109 Å². The zero-order valence-electron chi connectivity index (χ0n) is 21.6. The number of nitrogens with one attached hydrogen (secondary N) is 2. The van der Waals surface area contributed by atoms with Gasteiger partial charge < -0.3 is 10.6 Å². The monoisotopic (exact) mass is 521 g/mol. The second kappa shape index (κ2) is 10.2. The molecule has 2 atom stereocenters. The van der Waals surface area contributed by atoms with Gasteiger partial charge in [0.2, 0.25) is 21.7 Å². The van der Waals surface area contributed by atoms with Gasteiger partial charge in [0, 0.05) is 41.7 Å². The Morgan fingerprint density at radius 2 is 2.23 bits per heavy atom. The molecule has 0 spiro atoms. The van der Waals surface area contributed by atoms with Crippen LogP contribution in [0.3, 0.4) is 0 Å². The van der Waals surface area contributed by atoms with E-state index in [1.54, 1.807) is 24.4 Å². The van der Waals surface area contributed by atoms with Crippen molar-refractivity contribution in [2.24, 2.45) is 0 Å². The van der Waals surface area contributed by atoms with Crippen LogP contribution in [0.4, 0.5) is 16.0 Å². The van der Waals surface area contributed by atoms with E-state index in [1.165, 1.54) is 17.1 Å². The summed E-state index contributed by atoms with van der Waals surface area (Å²) in [6.07, 6.45) is 4.27. The first-order chi connectivity index (χ1) is 17.8. The van der Waals surface area contributed by atoms with Crippen LogP contribution >= 0.6 is 11.6 Å². The highest BCUT2D eigenvalue weighted by atomic mass is 35.5. The van der Waals surface area contributed by atoms with E-state index in [0.29, 0.717) is 21.8 Å². The van der Waals surface area contributed by atoms with Gasteiger partial charge in [0.25, 0.3) is 0 Å². The van der Waals surface area contributed by atoms with Crippen molar-refractivity contribution in [2.75, 3.05) is 31.6 Å². The third-order valence-corrected chi connectivity index (χ3v) is 7.16. The maximum atomic E-state index is 14.7. The molecular formula is C22H24ClFN8O2S. The number of alkyl halides is 1. The normalized spacial score (nSPS) is 20.5.